The minimum atomic E-state index is -0.141. The summed E-state index contributed by atoms with van der Waals surface area (Å²) in [5, 5.41) is 8.09. The number of hydrogen-bond acceptors (Lipinski definition) is 6. The van der Waals surface area contributed by atoms with Crippen LogP contribution in [0.1, 0.15) is 56.2 Å². The third-order valence-corrected chi connectivity index (χ3v) is 5.81. The average Bonchev–Trinajstić information content (AvgIpc) is 3.02. The second-order valence-electron chi connectivity index (χ2n) is 7.33. The number of piperidine rings is 1. The fourth-order valence-corrected chi connectivity index (χ4v) is 4.35. The molecule has 0 saturated carbocycles. The molecule has 2 aromatic heterocycles. The molecule has 0 aromatic carbocycles. The Bertz CT molecular complexity index is 831. The fraction of sp³-hybridized carbons (Fsp3) is 0.684. The molecular formula is C19H29N5O2S. The second-order valence-corrected chi connectivity index (χ2v) is 8.49. The maximum absolute atomic E-state index is 12.4. The molecule has 1 unspecified atom stereocenters. The molecule has 1 amide bonds. The first-order chi connectivity index (χ1) is 13.1. The molecule has 0 aliphatic carbocycles. The van der Waals surface area contributed by atoms with Crippen molar-refractivity contribution < 1.29 is 4.79 Å². The number of hydrogen-bond donors (Lipinski definition) is 1. The number of aryl methyl sites for hydroxylation is 1. The van der Waals surface area contributed by atoms with E-state index in [2.05, 4.69) is 27.2 Å². The zero-order valence-electron chi connectivity index (χ0n) is 16.2. The van der Waals surface area contributed by atoms with Crippen LogP contribution in [0.5, 0.6) is 0 Å². The highest BCUT2D eigenvalue weighted by Crippen LogP contribution is 2.19. The lowest BCUT2D eigenvalue weighted by molar-refractivity contribution is -0.126. The molecule has 0 radical (unpaired) electrons. The van der Waals surface area contributed by atoms with E-state index in [1.165, 1.54) is 35.1 Å². The Morgan fingerprint density at radius 3 is 3.04 bits per heavy atom. The molecule has 2 aromatic rings. The van der Waals surface area contributed by atoms with Gasteiger partial charge in [0, 0.05) is 25.7 Å². The monoisotopic (exact) mass is 391 g/mol. The lowest BCUT2D eigenvalue weighted by Crippen LogP contribution is -2.43. The van der Waals surface area contributed by atoms with Crippen LogP contribution in [0.3, 0.4) is 0 Å². The van der Waals surface area contributed by atoms with Gasteiger partial charge in [0.1, 0.15) is 5.01 Å². The minimum absolute atomic E-state index is 0.0282. The van der Waals surface area contributed by atoms with Crippen molar-refractivity contribution in [2.45, 2.75) is 58.9 Å². The zero-order chi connectivity index (χ0) is 19.2. The maximum atomic E-state index is 12.4. The molecule has 0 spiro atoms. The van der Waals surface area contributed by atoms with Crippen LogP contribution in [0.25, 0.3) is 4.96 Å². The fourth-order valence-electron chi connectivity index (χ4n) is 3.58. The minimum Gasteiger partial charge on any atom is -0.356 e. The van der Waals surface area contributed by atoms with Crippen molar-refractivity contribution in [2.75, 3.05) is 19.6 Å². The van der Waals surface area contributed by atoms with Gasteiger partial charge in [-0.3, -0.25) is 14.5 Å². The Morgan fingerprint density at radius 2 is 2.22 bits per heavy atom. The van der Waals surface area contributed by atoms with Gasteiger partial charge in [-0.1, -0.05) is 37.5 Å². The summed E-state index contributed by atoms with van der Waals surface area (Å²) in [5.41, 5.74) is 0.613. The zero-order valence-corrected chi connectivity index (χ0v) is 17.1. The largest absolute Gasteiger partial charge is 0.356 e. The highest BCUT2D eigenvalue weighted by molar-refractivity contribution is 7.16. The smallest absolute Gasteiger partial charge is 0.275 e. The molecule has 148 valence electrons. The Morgan fingerprint density at radius 1 is 1.37 bits per heavy atom. The van der Waals surface area contributed by atoms with Crippen molar-refractivity contribution >= 4 is 22.2 Å². The van der Waals surface area contributed by atoms with Crippen LogP contribution in [0, 0.1) is 12.8 Å². The van der Waals surface area contributed by atoms with E-state index in [-0.39, 0.29) is 17.4 Å². The average molecular weight is 392 g/mol. The SMILES string of the molecule is CCCCCCNC(=O)C1CCCN(Cc2cc(=O)n3nc(C)sc3n2)C1. The number of aromatic nitrogens is 3. The molecule has 27 heavy (non-hydrogen) atoms. The number of carbonyl (C=O) groups excluding carboxylic acids is 1. The number of amides is 1. The van der Waals surface area contributed by atoms with E-state index in [4.69, 9.17) is 0 Å². The molecule has 7 nitrogen and oxygen atoms in total. The summed E-state index contributed by atoms with van der Waals surface area (Å²) in [6, 6.07) is 1.56. The van der Waals surface area contributed by atoms with Crippen molar-refractivity contribution in [1.29, 1.82) is 0 Å². The van der Waals surface area contributed by atoms with Crippen LogP contribution in [0.2, 0.25) is 0 Å². The Balaban J connectivity index is 1.55. The molecule has 3 heterocycles. The van der Waals surface area contributed by atoms with E-state index >= 15 is 0 Å². The standard InChI is InChI=1S/C19H29N5O2S/c1-3-4-5-6-9-20-18(26)15-8-7-10-23(12-15)13-16-11-17(25)24-19(21-16)27-14(2)22-24/h11,15H,3-10,12-13H2,1-2H3,(H,20,26). The molecule has 0 bridgehead atoms. The van der Waals surface area contributed by atoms with Crippen molar-refractivity contribution in [3.8, 4) is 0 Å². The number of nitrogens with one attached hydrogen (secondary N) is 1. The first kappa shape index (κ1) is 19.9. The van der Waals surface area contributed by atoms with Crippen LogP contribution in [0.4, 0.5) is 0 Å². The summed E-state index contributed by atoms with van der Waals surface area (Å²) in [4.78, 5) is 32.1. The van der Waals surface area contributed by atoms with E-state index in [9.17, 15) is 9.59 Å². The molecule has 1 saturated heterocycles. The van der Waals surface area contributed by atoms with E-state index in [0.717, 1.165) is 49.6 Å². The molecule has 8 heteroatoms. The van der Waals surface area contributed by atoms with Gasteiger partial charge in [0.25, 0.3) is 5.56 Å². The van der Waals surface area contributed by atoms with E-state index in [1.807, 2.05) is 6.92 Å². The second kappa shape index (κ2) is 9.41. The third-order valence-electron chi connectivity index (χ3n) is 4.99. The topological polar surface area (TPSA) is 79.6 Å². The molecule has 1 N–H and O–H groups in total. The summed E-state index contributed by atoms with van der Waals surface area (Å²) in [7, 11) is 0. The van der Waals surface area contributed by atoms with Crippen molar-refractivity contribution in [3.63, 3.8) is 0 Å². The van der Waals surface area contributed by atoms with E-state index < -0.39 is 0 Å². The van der Waals surface area contributed by atoms with Crippen LogP contribution in [0.15, 0.2) is 10.9 Å². The molecule has 1 atom stereocenters. The number of fused-ring (bicyclic) bond motifs is 1. The van der Waals surface area contributed by atoms with Gasteiger partial charge in [0.05, 0.1) is 11.6 Å². The third kappa shape index (κ3) is 5.35. The summed E-state index contributed by atoms with van der Waals surface area (Å²) < 4.78 is 1.36. The van der Waals surface area contributed by atoms with Crippen molar-refractivity contribution in [2.24, 2.45) is 5.92 Å². The number of unbranched alkanes of at least 4 members (excludes halogenated alkanes) is 3. The molecule has 1 aliphatic rings. The van der Waals surface area contributed by atoms with Crippen LogP contribution in [-0.2, 0) is 11.3 Å². The van der Waals surface area contributed by atoms with Crippen molar-refractivity contribution in [1.82, 2.24) is 24.8 Å². The number of likely N-dealkylation sites (tertiary alicyclic amines) is 1. The van der Waals surface area contributed by atoms with Gasteiger partial charge in [-0.25, -0.2) is 4.98 Å². The molecule has 3 rings (SSSR count). The molecule has 1 aliphatic heterocycles. The van der Waals surface area contributed by atoms with Gasteiger partial charge in [-0.05, 0) is 32.7 Å². The van der Waals surface area contributed by atoms with Crippen LogP contribution >= 0.6 is 11.3 Å². The number of nitrogens with zero attached hydrogens (tertiary/aromatic N) is 4. The summed E-state index contributed by atoms with van der Waals surface area (Å²) in [6.07, 6.45) is 6.58. The van der Waals surface area contributed by atoms with Gasteiger partial charge >= 0.3 is 0 Å². The van der Waals surface area contributed by atoms with Gasteiger partial charge in [0.15, 0.2) is 0 Å². The Labute approximate surface area is 163 Å². The van der Waals surface area contributed by atoms with Crippen LogP contribution in [-0.4, -0.2) is 45.0 Å². The lowest BCUT2D eigenvalue weighted by atomic mass is 9.97. The lowest BCUT2D eigenvalue weighted by Gasteiger charge is -2.31. The first-order valence-corrected chi connectivity index (χ1v) is 10.7. The van der Waals surface area contributed by atoms with Gasteiger partial charge in [-0.2, -0.15) is 9.61 Å². The molecule has 1 fully saturated rings. The highest BCUT2D eigenvalue weighted by Gasteiger charge is 2.26. The molecular weight excluding hydrogens is 362 g/mol. The quantitative estimate of drug-likeness (QED) is 0.699. The van der Waals surface area contributed by atoms with Crippen molar-refractivity contribution in [3.05, 3.63) is 27.1 Å². The van der Waals surface area contributed by atoms with Gasteiger partial charge in [0.2, 0.25) is 10.9 Å². The van der Waals surface area contributed by atoms with Gasteiger partial charge in [-0.15, -0.1) is 0 Å². The number of carbonyl (C=O) groups is 1. The van der Waals surface area contributed by atoms with E-state index in [0.29, 0.717) is 11.5 Å². The Kier molecular flexibility index (Phi) is 6.95. The maximum Gasteiger partial charge on any atom is 0.275 e. The summed E-state index contributed by atoms with van der Waals surface area (Å²) in [6.45, 7) is 7.09. The van der Waals surface area contributed by atoms with E-state index in [1.54, 1.807) is 6.07 Å². The first-order valence-electron chi connectivity index (χ1n) is 9.93. The number of rotatable bonds is 8. The highest BCUT2D eigenvalue weighted by atomic mass is 32.1. The summed E-state index contributed by atoms with van der Waals surface area (Å²) in [5.74, 6) is 0.193. The summed E-state index contributed by atoms with van der Waals surface area (Å²) >= 11 is 1.42. The Hall–Kier alpha value is -1.80. The predicted molar refractivity (Wildman–Crippen MR) is 107 cm³/mol. The predicted octanol–water partition coefficient (Wildman–Crippen LogP) is 2.37. The van der Waals surface area contributed by atoms with Crippen LogP contribution < -0.4 is 10.9 Å². The van der Waals surface area contributed by atoms with Gasteiger partial charge < -0.3 is 5.32 Å². The normalized spacial score (nSPS) is 18.1.